The minimum Gasteiger partial charge on any atom is -0.497 e. The first-order chi connectivity index (χ1) is 12.7. The van der Waals surface area contributed by atoms with E-state index in [4.69, 9.17) is 14.2 Å². The Morgan fingerprint density at radius 2 is 1.73 bits per heavy atom. The van der Waals surface area contributed by atoms with E-state index in [1.54, 1.807) is 7.11 Å². The molecule has 5 heteroatoms. The highest BCUT2D eigenvalue weighted by Crippen LogP contribution is 2.31. The van der Waals surface area contributed by atoms with Gasteiger partial charge in [0.25, 0.3) is 0 Å². The fourth-order valence-corrected chi connectivity index (χ4v) is 2.90. The number of hydrogen-bond acceptors (Lipinski definition) is 4. The molecule has 0 fully saturated rings. The van der Waals surface area contributed by atoms with Gasteiger partial charge in [-0.1, -0.05) is 18.2 Å². The van der Waals surface area contributed by atoms with Crippen molar-refractivity contribution in [3.63, 3.8) is 0 Å². The molecule has 0 radical (unpaired) electrons. The monoisotopic (exact) mass is 355 g/mol. The van der Waals surface area contributed by atoms with Crippen LogP contribution in [0.2, 0.25) is 0 Å². The predicted octanol–water partition coefficient (Wildman–Crippen LogP) is 3.15. The Morgan fingerprint density at radius 3 is 2.50 bits per heavy atom. The second-order valence-electron chi connectivity index (χ2n) is 6.28. The van der Waals surface area contributed by atoms with E-state index >= 15 is 0 Å². The van der Waals surface area contributed by atoms with Gasteiger partial charge in [0, 0.05) is 13.0 Å². The normalized spacial score (nSPS) is 12.5. The lowest BCUT2D eigenvalue weighted by atomic mass is 10.1. The largest absolute Gasteiger partial charge is 0.497 e. The summed E-state index contributed by atoms with van der Waals surface area (Å²) in [4.78, 5) is 12.0. The molecule has 1 N–H and O–H groups in total. The van der Waals surface area contributed by atoms with Gasteiger partial charge in [0.1, 0.15) is 19.0 Å². The van der Waals surface area contributed by atoms with E-state index in [0.717, 1.165) is 35.7 Å². The first-order valence-corrected chi connectivity index (χ1v) is 9.03. The number of carbonyl (C=O) groups is 1. The minimum atomic E-state index is 0.0784. The maximum atomic E-state index is 12.0. The standard InChI is InChI=1S/C21H25NO4/c1-24-18-8-4-16(5-9-18)3-2-12-22-21(23)11-7-17-6-10-19-20(15-17)26-14-13-25-19/h4-6,8-10,15H,2-3,7,11-14H2,1H3,(H,22,23). The number of carbonyl (C=O) groups excluding carboxylic acids is 1. The number of fused-ring (bicyclic) bond motifs is 1. The molecule has 0 atom stereocenters. The molecule has 2 aromatic carbocycles. The predicted molar refractivity (Wildman–Crippen MR) is 100 cm³/mol. The highest BCUT2D eigenvalue weighted by atomic mass is 16.6. The van der Waals surface area contributed by atoms with Crippen LogP contribution in [0.15, 0.2) is 42.5 Å². The Balaban J connectivity index is 1.35. The van der Waals surface area contributed by atoms with Crippen molar-refractivity contribution in [1.29, 1.82) is 0 Å². The molecule has 0 aliphatic carbocycles. The van der Waals surface area contributed by atoms with E-state index in [1.165, 1.54) is 5.56 Å². The van der Waals surface area contributed by atoms with Crippen molar-refractivity contribution < 1.29 is 19.0 Å². The number of hydrogen-bond donors (Lipinski definition) is 1. The van der Waals surface area contributed by atoms with Gasteiger partial charge in [-0.15, -0.1) is 0 Å². The number of ether oxygens (including phenoxy) is 3. The molecule has 0 saturated heterocycles. The quantitative estimate of drug-likeness (QED) is 0.739. The van der Waals surface area contributed by atoms with Gasteiger partial charge in [0.2, 0.25) is 5.91 Å². The van der Waals surface area contributed by atoms with E-state index in [-0.39, 0.29) is 5.91 Å². The third-order valence-corrected chi connectivity index (χ3v) is 4.37. The van der Waals surface area contributed by atoms with E-state index in [1.807, 2.05) is 30.3 Å². The lowest BCUT2D eigenvalue weighted by molar-refractivity contribution is -0.121. The summed E-state index contributed by atoms with van der Waals surface area (Å²) in [6, 6.07) is 13.9. The first-order valence-electron chi connectivity index (χ1n) is 9.03. The van der Waals surface area contributed by atoms with Gasteiger partial charge in [0.15, 0.2) is 11.5 Å². The molecule has 1 aliphatic heterocycles. The van der Waals surface area contributed by atoms with Crippen LogP contribution in [-0.4, -0.2) is 32.8 Å². The third kappa shape index (κ3) is 5.15. The summed E-state index contributed by atoms with van der Waals surface area (Å²) < 4.78 is 16.2. The fraction of sp³-hybridized carbons (Fsp3) is 0.381. The number of amides is 1. The van der Waals surface area contributed by atoms with Crippen molar-refractivity contribution in [1.82, 2.24) is 5.32 Å². The van der Waals surface area contributed by atoms with Crippen LogP contribution < -0.4 is 19.5 Å². The van der Waals surface area contributed by atoms with Gasteiger partial charge in [-0.3, -0.25) is 4.79 Å². The van der Waals surface area contributed by atoms with Crippen molar-refractivity contribution in [3.05, 3.63) is 53.6 Å². The summed E-state index contributed by atoms with van der Waals surface area (Å²) in [6.07, 6.45) is 3.03. The van der Waals surface area contributed by atoms with Crippen LogP contribution in [0.5, 0.6) is 17.2 Å². The van der Waals surface area contributed by atoms with Crippen LogP contribution in [0.3, 0.4) is 0 Å². The van der Waals surface area contributed by atoms with Gasteiger partial charge >= 0.3 is 0 Å². The molecule has 0 unspecified atom stereocenters. The molecule has 1 aliphatic rings. The van der Waals surface area contributed by atoms with E-state index in [2.05, 4.69) is 17.4 Å². The van der Waals surface area contributed by atoms with Crippen LogP contribution in [0, 0.1) is 0 Å². The zero-order chi connectivity index (χ0) is 18.2. The second-order valence-corrected chi connectivity index (χ2v) is 6.28. The number of rotatable bonds is 8. The van der Waals surface area contributed by atoms with Crippen LogP contribution in [-0.2, 0) is 17.6 Å². The molecule has 0 bridgehead atoms. The molecule has 138 valence electrons. The Bertz CT molecular complexity index is 727. The molecular weight excluding hydrogens is 330 g/mol. The van der Waals surface area contributed by atoms with Crippen LogP contribution in [0.25, 0.3) is 0 Å². The summed E-state index contributed by atoms with van der Waals surface area (Å²) in [6.45, 7) is 1.85. The number of aryl methyl sites for hydroxylation is 2. The maximum absolute atomic E-state index is 12.0. The third-order valence-electron chi connectivity index (χ3n) is 4.37. The summed E-state index contributed by atoms with van der Waals surface area (Å²) in [5.41, 5.74) is 2.33. The Labute approximate surface area is 154 Å². The zero-order valence-corrected chi connectivity index (χ0v) is 15.1. The Morgan fingerprint density at radius 1 is 1.00 bits per heavy atom. The molecule has 0 aromatic heterocycles. The van der Waals surface area contributed by atoms with Crippen molar-refractivity contribution in [3.8, 4) is 17.2 Å². The highest BCUT2D eigenvalue weighted by molar-refractivity contribution is 5.76. The number of nitrogens with one attached hydrogen (secondary N) is 1. The first kappa shape index (κ1) is 18.1. The van der Waals surface area contributed by atoms with Crippen LogP contribution in [0.1, 0.15) is 24.0 Å². The van der Waals surface area contributed by atoms with E-state index < -0.39 is 0 Å². The summed E-state index contributed by atoms with van der Waals surface area (Å²) in [7, 11) is 1.66. The molecule has 3 rings (SSSR count). The lowest BCUT2D eigenvalue weighted by Gasteiger charge is -2.18. The van der Waals surface area contributed by atoms with E-state index in [9.17, 15) is 4.79 Å². The topological polar surface area (TPSA) is 56.8 Å². The molecule has 1 amide bonds. The molecule has 0 spiro atoms. The maximum Gasteiger partial charge on any atom is 0.220 e. The van der Waals surface area contributed by atoms with Crippen molar-refractivity contribution in [2.75, 3.05) is 26.9 Å². The summed E-state index contributed by atoms with van der Waals surface area (Å²) in [5, 5.41) is 2.99. The molecular formula is C21H25NO4. The van der Waals surface area contributed by atoms with Crippen LogP contribution in [0.4, 0.5) is 0 Å². The minimum absolute atomic E-state index is 0.0784. The average Bonchev–Trinajstić information content (AvgIpc) is 2.70. The number of benzene rings is 2. The van der Waals surface area contributed by atoms with Gasteiger partial charge in [0.05, 0.1) is 7.11 Å². The highest BCUT2D eigenvalue weighted by Gasteiger charge is 2.12. The van der Waals surface area contributed by atoms with Crippen LogP contribution >= 0.6 is 0 Å². The van der Waals surface area contributed by atoms with Gasteiger partial charge in [-0.25, -0.2) is 0 Å². The number of methoxy groups -OCH3 is 1. The summed E-state index contributed by atoms with van der Waals surface area (Å²) >= 11 is 0. The van der Waals surface area contributed by atoms with Gasteiger partial charge in [-0.2, -0.15) is 0 Å². The Hall–Kier alpha value is -2.69. The molecule has 1 heterocycles. The Kier molecular flexibility index (Phi) is 6.36. The average molecular weight is 355 g/mol. The fourth-order valence-electron chi connectivity index (χ4n) is 2.90. The van der Waals surface area contributed by atoms with Crippen molar-refractivity contribution in [2.24, 2.45) is 0 Å². The second kappa shape index (κ2) is 9.13. The molecule has 0 saturated carbocycles. The van der Waals surface area contributed by atoms with E-state index in [0.29, 0.717) is 32.6 Å². The van der Waals surface area contributed by atoms with Gasteiger partial charge in [-0.05, 0) is 54.7 Å². The lowest BCUT2D eigenvalue weighted by Crippen LogP contribution is -2.25. The molecule has 5 nitrogen and oxygen atoms in total. The van der Waals surface area contributed by atoms with Crippen molar-refractivity contribution >= 4 is 5.91 Å². The smallest absolute Gasteiger partial charge is 0.220 e. The molecule has 2 aromatic rings. The van der Waals surface area contributed by atoms with Gasteiger partial charge < -0.3 is 19.5 Å². The SMILES string of the molecule is COc1ccc(CCCNC(=O)CCc2ccc3c(c2)OCCO3)cc1. The molecule has 26 heavy (non-hydrogen) atoms. The summed E-state index contributed by atoms with van der Waals surface area (Å²) in [5.74, 6) is 2.49. The zero-order valence-electron chi connectivity index (χ0n) is 15.1. The van der Waals surface area contributed by atoms with Crippen molar-refractivity contribution in [2.45, 2.75) is 25.7 Å².